The number of carbonyl (C=O) groups excluding carboxylic acids is 1. The lowest BCUT2D eigenvalue weighted by Crippen LogP contribution is -2.29. The Hall–Kier alpha value is -2.09. The molecule has 3 rings (SSSR count). The smallest absolute Gasteiger partial charge is 0.261 e. The average Bonchev–Trinajstić information content (AvgIpc) is 3.12. The number of benzene rings is 2. The summed E-state index contributed by atoms with van der Waals surface area (Å²) >= 11 is 5.80. The van der Waals surface area contributed by atoms with Gasteiger partial charge in [0, 0.05) is 29.4 Å². The molecule has 0 bridgehead atoms. The number of hydrogen-bond acceptors (Lipinski definition) is 4. The summed E-state index contributed by atoms with van der Waals surface area (Å²) in [5.41, 5.74) is 6.54. The molecule has 8 heteroatoms. The molecule has 1 aliphatic rings. The molecular formula is C18H20ClN3O3S. The molecular weight excluding hydrogens is 374 g/mol. The van der Waals surface area contributed by atoms with Gasteiger partial charge in [0.05, 0.1) is 4.90 Å². The van der Waals surface area contributed by atoms with Crippen LogP contribution in [0.5, 0.6) is 0 Å². The van der Waals surface area contributed by atoms with E-state index in [-0.39, 0.29) is 10.8 Å². The first kappa shape index (κ1) is 18.7. The Balaban J connectivity index is 1.72. The molecule has 1 fully saturated rings. The van der Waals surface area contributed by atoms with Crippen molar-refractivity contribution in [2.24, 2.45) is 11.7 Å². The quantitative estimate of drug-likeness (QED) is 0.816. The van der Waals surface area contributed by atoms with Crippen LogP contribution < -0.4 is 10.5 Å². The van der Waals surface area contributed by atoms with Crippen LogP contribution in [0.1, 0.15) is 16.8 Å². The predicted molar refractivity (Wildman–Crippen MR) is 102 cm³/mol. The van der Waals surface area contributed by atoms with Crippen molar-refractivity contribution in [2.45, 2.75) is 11.3 Å². The van der Waals surface area contributed by atoms with E-state index in [9.17, 15) is 13.2 Å². The van der Waals surface area contributed by atoms with Gasteiger partial charge in [0.1, 0.15) is 0 Å². The number of rotatable bonds is 5. The van der Waals surface area contributed by atoms with Crippen molar-refractivity contribution in [1.82, 2.24) is 4.90 Å². The maximum atomic E-state index is 12.5. The fourth-order valence-corrected chi connectivity index (χ4v) is 4.09. The molecule has 0 aliphatic carbocycles. The first-order valence-corrected chi connectivity index (χ1v) is 10.1. The molecule has 1 heterocycles. The molecule has 1 saturated heterocycles. The van der Waals surface area contributed by atoms with E-state index in [4.69, 9.17) is 17.3 Å². The van der Waals surface area contributed by atoms with E-state index >= 15 is 0 Å². The molecule has 2 aromatic rings. The van der Waals surface area contributed by atoms with Crippen molar-refractivity contribution in [2.75, 3.05) is 24.4 Å². The Morgan fingerprint density at radius 2 is 1.81 bits per heavy atom. The van der Waals surface area contributed by atoms with Gasteiger partial charge in [0.2, 0.25) is 0 Å². The SMILES string of the molecule is NCC1CCN(C(=O)c2ccc(S(=O)(=O)Nc3ccc(Cl)cc3)cc2)C1. The number of nitrogens with one attached hydrogen (secondary N) is 1. The van der Waals surface area contributed by atoms with Gasteiger partial charge in [-0.1, -0.05) is 11.6 Å². The van der Waals surface area contributed by atoms with Crippen LogP contribution in [-0.4, -0.2) is 38.9 Å². The number of amides is 1. The van der Waals surface area contributed by atoms with E-state index in [1.165, 1.54) is 24.3 Å². The summed E-state index contributed by atoms with van der Waals surface area (Å²) in [6.45, 7) is 1.89. The molecule has 138 valence electrons. The highest BCUT2D eigenvalue weighted by Crippen LogP contribution is 2.21. The molecule has 0 aromatic heterocycles. The van der Waals surface area contributed by atoms with Crippen molar-refractivity contribution in [1.29, 1.82) is 0 Å². The molecule has 0 saturated carbocycles. The topological polar surface area (TPSA) is 92.5 Å². The molecule has 1 amide bonds. The average molecular weight is 394 g/mol. The number of nitrogens with zero attached hydrogens (tertiary/aromatic N) is 1. The zero-order chi connectivity index (χ0) is 18.7. The normalized spacial score (nSPS) is 17.3. The zero-order valence-electron chi connectivity index (χ0n) is 14.1. The van der Waals surface area contributed by atoms with Gasteiger partial charge in [0.15, 0.2) is 0 Å². The fraction of sp³-hybridized carbons (Fsp3) is 0.278. The summed E-state index contributed by atoms with van der Waals surface area (Å²) in [6.07, 6.45) is 0.902. The van der Waals surface area contributed by atoms with Crippen LogP contribution in [0.3, 0.4) is 0 Å². The number of anilines is 1. The molecule has 0 spiro atoms. The summed E-state index contributed by atoms with van der Waals surface area (Å²) in [5, 5.41) is 0.523. The molecule has 0 radical (unpaired) electrons. The summed E-state index contributed by atoms with van der Waals surface area (Å²) < 4.78 is 27.4. The molecule has 2 aromatic carbocycles. The number of sulfonamides is 1. The minimum absolute atomic E-state index is 0.0882. The second-order valence-corrected chi connectivity index (χ2v) is 8.40. The summed E-state index contributed by atoms with van der Waals surface area (Å²) in [7, 11) is -3.73. The summed E-state index contributed by atoms with van der Waals surface area (Å²) in [6, 6.07) is 12.3. The van der Waals surface area contributed by atoms with Crippen LogP contribution in [0.4, 0.5) is 5.69 Å². The standard InChI is InChI=1S/C18H20ClN3O3S/c19-15-3-5-16(6-4-15)21-26(24,25)17-7-1-14(2-8-17)18(23)22-10-9-13(11-20)12-22/h1-8,13,21H,9-12,20H2. The van der Waals surface area contributed by atoms with E-state index in [1.807, 2.05) is 0 Å². The van der Waals surface area contributed by atoms with Crippen molar-refractivity contribution in [3.8, 4) is 0 Å². The second-order valence-electron chi connectivity index (χ2n) is 6.28. The maximum absolute atomic E-state index is 12.5. The third-order valence-electron chi connectivity index (χ3n) is 4.41. The van der Waals surface area contributed by atoms with Crippen LogP contribution in [0.25, 0.3) is 0 Å². The predicted octanol–water partition coefficient (Wildman–Crippen LogP) is 2.56. The minimum atomic E-state index is -3.73. The number of halogens is 1. The van der Waals surface area contributed by atoms with Gasteiger partial charge in [0.25, 0.3) is 15.9 Å². The lowest BCUT2D eigenvalue weighted by Gasteiger charge is -2.16. The van der Waals surface area contributed by atoms with E-state index in [1.54, 1.807) is 29.2 Å². The van der Waals surface area contributed by atoms with E-state index < -0.39 is 10.0 Å². The van der Waals surface area contributed by atoms with Crippen LogP contribution in [0.15, 0.2) is 53.4 Å². The second kappa shape index (κ2) is 7.65. The first-order valence-electron chi connectivity index (χ1n) is 8.27. The van der Waals surface area contributed by atoms with E-state index in [0.29, 0.717) is 41.8 Å². The van der Waals surface area contributed by atoms with Gasteiger partial charge >= 0.3 is 0 Å². The molecule has 26 heavy (non-hydrogen) atoms. The molecule has 1 aliphatic heterocycles. The highest BCUT2D eigenvalue weighted by atomic mass is 35.5. The van der Waals surface area contributed by atoms with Crippen LogP contribution >= 0.6 is 11.6 Å². The van der Waals surface area contributed by atoms with Crippen LogP contribution in [0, 0.1) is 5.92 Å². The first-order chi connectivity index (χ1) is 12.4. The van der Waals surface area contributed by atoms with Gasteiger partial charge in [-0.15, -0.1) is 0 Å². The monoisotopic (exact) mass is 393 g/mol. The van der Waals surface area contributed by atoms with Gasteiger partial charge in [-0.05, 0) is 67.4 Å². The molecule has 1 unspecified atom stereocenters. The lowest BCUT2D eigenvalue weighted by atomic mass is 10.1. The van der Waals surface area contributed by atoms with Crippen molar-refractivity contribution in [3.05, 3.63) is 59.1 Å². The maximum Gasteiger partial charge on any atom is 0.261 e. The molecule has 3 N–H and O–H groups in total. The summed E-state index contributed by atoms with van der Waals surface area (Å²) in [5.74, 6) is 0.234. The number of carbonyl (C=O) groups is 1. The molecule has 6 nitrogen and oxygen atoms in total. The largest absolute Gasteiger partial charge is 0.338 e. The highest BCUT2D eigenvalue weighted by Gasteiger charge is 2.26. The van der Waals surface area contributed by atoms with Crippen molar-refractivity contribution < 1.29 is 13.2 Å². The Morgan fingerprint density at radius 1 is 1.15 bits per heavy atom. The van der Waals surface area contributed by atoms with Crippen molar-refractivity contribution >= 4 is 33.2 Å². The minimum Gasteiger partial charge on any atom is -0.338 e. The van der Waals surface area contributed by atoms with Crippen molar-refractivity contribution in [3.63, 3.8) is 0 Å². The Kier molecular flexibility index (Phi) is 5.50. The van der Waals surface area contributed by atoms with Gasteiger partial charge in [-0.3, -0.25) is 9.52 Å². The number of likely N-dealkylation sites (tertiary alicyclic amines) is 1. The molecule has 1 atom stereocenters. The van der Waals surface area contributed by atoms with Crippen LogP contribution in [-0.2, 0) is 10.0 Å². The van der Waals surface area contributed by atoms with Gasteiger partial charge < -0.3 is 10.6 Å². The Labute approximate surface area is 158 Å². The van der Waals surface area contributed by atoms with Gasteiger partial charge in [-0.25, -0.2) is 8.42 Å². The van der Waals surface area contributed by atoms with Crippen LogP contribution in [0.2, 0.25) is 5.02 Å². The van der Waals surface area contributed by atoms with E-state index in [0.717, 1.165) is 6.42 Å². The third kappa shape index (κ3) is 4.17. The van der Waals surface area contributed by atoms with E-state index in [2.05, 4.69) is 4.72 Å². The Bertz CT molecular complexity index is 883. The Morgan fingerprint density at radius 3 is 2.38 bits per heavy atom. The lowest BCUT2D eigenvalue weighted by molar-refractivity contribution is 0.0787. The highest BCUT2D eigenvalue weighted by molar-refractivity contribution is 7.92. The number of nitrogens with two attached hydrogens (primary N) is 1. The summed E-state index contributed by atoms with van der Waals surface area (Å²) in [4.78, 5) is 14.3. The zero-order valence-corrected chi connectivity index (χ0v) is 15.6. The van der Waals surface area contributed by atoms with Gasteiger partial charge in [-0.2, -0.15) is 0 Å². The fourth-order valence-electron chi connectivity index (χ4n) is 2.90. The number of hydrogen-bond donors (Lipinski definition) is 2. The third-order valence-corrected chi connectivity index (χ3v) is 6.06.